The molecule has 0 aliphatic carbocycles. The van der Waals surface area contributed by atoms with Crippen molar-refractivity contribution in [2.24, 2.45) is 4.99 Å². The van der Waals surface area contributed by atoms with E-state index in [1.165, 1.54) is 0 Å². The highest BCUT2D eigenvalue weighted by molar-refractivity contribution is 5.79. The van der Waals surface area contributed by atoms with Gasteiger partial charge in [-0.25, -0.2) is 9.67 Å². The molecule has 2 heterocycles. The van der Waals surface area contributed by atoms with Gasteiger partial charge in [0.05, 0.1) is 24.1 Å². The number of nitrogens with zero attached hydrogens (tertiary/aromatic N) is 4. The standard InChI is InChI=1S/C19H24N6O/c1-14-15(2)26-18(24-14)12-22-19(20-3)21-10-9-16-11-23-25(13-16)17-7-5-4-6-8-17/h4-8,11,13H,9-10,12H2,1-3H3,(H2,20,21,22). The molecule has 0 aliphatic rings. The maximum atomic E-state index is 5.56. The van der Waals surface area contributed by atoms with Crippen molar-refractivity contribution in [1.82, 2.24) is 25.4 Å². The van der Waals surface area contributed by atoms with Gasteiger partial charge in [-0.3, -0.25) is 4.99 Å². The van der Waals surface area contributed by atoms with E-state index in [2.05, 4.69) is 25.7 Å². The Morgan fingerprint density at radius 3 is 2.69 bits per heavy atom. The highest BCUT2D eigenvalue weighted by Gasteiger charge is 2.06. The first-order valence-electron chi connectivity index (χ1n) is 8.62. The van der Waals surface area contributed by atoms with E-state index in [0.29, 0.717) is 18.4 Å². The van der Waals surface area contributed by atoms with Gasteiger partial charge in [-0.1, -0.05) is 18.2 Å². The molecule has 0 spiro atoms. The van der Waals surface area contributed by atoms with Gasteiger partial charge in [0.1, 0.15) is 5.76 Å². The molecule has 0 saturated heterocycles. The van der Waals surface area contributed by atoms with Crippen LogP contribution in [0.5, 0.6) is 0 Å². The summed E-state index contributed by atoms with van der Waals surface area (Å²) in [5.41, 5.74) is 3.14. The molecule has 0 radical (unpaired) electrons. The van der Waals surface area contributed by atoms with Crippen LogP contribution in [0.4, 0.5) is 0 Å². The molecule has 136 valence electrons. The van der Waals surface area contributed by atoms with Gasteiger partial charge in [0.15, 0.2) is 5.96 Å². The van der Waals surface area contributed by atoms with Crippen LogP contribution in [0.1, 0.15) is 22.9 Å². The molecular formula is C19H24N6O. The van der Waals surface area contributed by atoms with Gasteiger partial charge in [-0.15, -0.1) is 0 Å². The molecule has 7 nitrogen and oxygen atoms in total. The zero-order chi connectivity index (χ0) is 18.4. The second kappa shape index (κ2) is 8.33. The smallest absolute Gasteiger partial charge is 0.214 e. The van der Waals surface area contributed by atoms with Gasteiger partial charge in [-0.05, 0) is 38.0 Å². The average molecular weight is 352 g/mol. The summed E-state index contributed by atoms with van der Waals surface area (Å²) in [6, 6.07) is 10.1. The second-order valence-electron chi connectivity index (χ2n) is 5.98. The fraction of sp³-hybridized carbons (Fsp3) is 0.316. The van der Waals surface area contributed by atoms with Crippen LogP contribution in [-0.2, 0) is 13.0 Å². The van der Waals surface area contributed by atoms with Crippen molar-refractivity contribution in [2.75, 3.05) is 13.6 Å². The van der Waals surface area contributed by atoms with Gasteiger partial charge in [0.25, 0.3) is 0 Å². The van der Waals surface area contributed by atoms with E-state index in [1.807, 2.05) is 61.3 Å². The van der Waals surface area contributed by atoms with E-state index in [1.54, 1.807) is 7.05 Å². The number of rotatable bonds is 6. The van der Waals surface area contributed by atoms with Crippen molar-refractivity contribution in [3.8, 4) is 5.69 Å². The number of oxazole rings is 1. The number of aliphatic imine (C=N–C) groups is 1. The van der Waals surface area contributed by atoms with Gasteiger partial charge in [-0.2, -0.15) is 5.10 Å². The average Bonchev–Trinajstić information content (AvgIpc) is 3.25. The topological polar surface area (TPSA) is 80.3 Å². The van der Waals surface area contributed by atoms with Crippen LogP contribution in [0.25, 0.3) is 5.69 Å². The molecule has 2 aromatic heterocycles. The summed E-state index contributed by atoms with van der Waals surface area (Å²) in [5.74, 6) is 2.22. The Hall–Kier alpha value is -3.09. The molecule has 7 heteroatoms. The first-order valence-corrected chi connectivity index (χ1v) is 8.62. The lowest BCUT2D eigenvalue weighted by molar-refractivity contribution is 0.464. The molecule has 3 rings (SSSR count). The molecule has 0 atom stereocenters. The van der Waals surface area contributed by atoms with Gasteiger partial charge in [0, 0.05) is 19.8 Å². The molecule has 26 heavy (non-hydrogen) atoms. The van der Waals surface area contributed by atoms with Crippen LogP contribution < -0.4 is 10.6 Å². The number of nitrogens with one attached hydrogen (secondary N) is 2. The Bertz CT molecular complexity index is 846. The molecule has 0 fully saturated rings. The zero-order valence-electron chi connectivity index (χ0n) is 15.4. The lowest BCUT2D eigenvalue weighted by Gasteiger charge is -2.09. The van der Waals surface area contributed by atoms with E-state index in [4.69, 9.17) is 4.42 Å². The molecular weight excluding hydrogens is 328 g/mol. The Balaban J connectivity index is 1.46. The molecule has 0 aliphatic heterocycles. The summed E-state index contributed by atoms with van der Waals surface area (Å²) in [6.45, 7) is 5.10. The number of aromatic nitrogens is 3. The predicted molar refractivity (Wildman–Crippen MR) is 101 cm³/mol. The number of benzene rings is 1. The van der Waals surface area contributed by atoms with Crippen molar-refractivity contribution in [3.63, 3.8) is 0 Å². The third-order valence-electron chi connectivity index (χ3n) is 4.07. The van der Waals surface area contributed by atoms with Crippen molar-refractivity contribution in [1.29, 1.82) is 0 Å². The van der Waals surface area contributed by atoms with Crippen LogP contribution in [-0.4, -0.2) is 34.3 Å². The maximum absolute atomic E-state index is 5.56. The summed E-state index contributed by atoms with van der Waals surface area (Å²) in [5, 5.41) is 10.9. The summed E-state index contributed by atoms with van der Waals surface area (Å²) in [7, 11) is 1.74. The zero-order valence-corrected chi connectivity index (χ0v) is 15.4. The van der Waals surface area contributed by atoms with Crippen LogP contribution in [0.2, 0.25) is 0 Å². The quantitative estimate of drug-likeness (QED) is 0.526. The molecule has 1 aromatic carbocycles. The minimum Gasteiger partial charge on any atom is -0.444 e. The monoisotopic (exact) mass is 352 g/mol. The molecule has 2 N–H and O–H groups in total. The fourth-order valence-electron chi connectivity index (χ4n) is 2.53. The van der Waals surface area contributed by atoms with E-state index >= 15 is 0 Å². The first kappa shape index (κ1) is 17.7. The Kier molecular flexibility index (Phi) is 5.68. The second-order valence-corrected chi connectivity index (χ2v) is 5.98. The third kappa shape index (κ3) is 4.50. The van der Waals surface area contributed by atoms with Crippen molar-refractivity contribution in [2.45, 2.75) is 26.8 Å². The maximum Gasteiger partial charge on any atom is 0.214 e. The number of guanidine groups is 1. The van der Waals surface area contributed by atoms with Crippen LogP contribution >= 0.6 is 0 Å². The highest BCUT2D eigenvalue weighted by Crippen LogP contribution is 2.08. The van der Waals surface area contributed by atoms with Crippen molar-refractivity contribution < 1.29 is 4.42 Å². The first-order chi connectivity index (χ1) is 12.7. The molecule has 0 saturated carbocycles. The Morgan fingerprint density at radius 2 is 2.00 bits per heavy atom. The number of hydrogen-bond donors (Lipinski definition) is 2. The van der Waals surface area contributed by atoms with E-state index < -0.39 is 0 Å². The molecule has 0 amide bonds. The third-order valence-corrected chi connectivity index (χ3v) is 4.07. The van der Waals surface area contributed by atoms with E-state index in [0.717, 1.165) is 35.7 Å². The van der Waals surface area contributed by atoms with Crippen molar-refractivity contribution >= 4 is 5.96 Å². The van der Waals surface area contributed by atoms with Crippen LogP contribution in [0.3, 0.4) is 0 Å². The summed E-state index contributed by atoms with van der Waals surface area (Å²) in [6.07, 6.45) is 4.79. The summed E-state index contributed by atoms with van der Waals surface area (Å²) < 4.78 is 7.44. The highest BCUT2D eigenvalue weighted by atomic mass is 16.4. The van der Waals surface area contributed by atoms with Crippen LogP contribution in [0.15, 0.2) is 52.1 Å². The number of hydrogen-bond acceptors (Lipinski definition) is 4. The largest absolute Gasteiger partial charge is 0.444 e. The lowest BCUT2D eigenvalue weighted by atomic mass is 10.2. The Labute approximate surface area is 153 Å². The number of aryl methyl sites for hydroxylation is 2. The fourth-order valence-corrected chi connectivity index (χ4v) is 2.53. The summed E-state index contributed by atoms with van der Waals surface area (Å²) >= 11 is 0. The molecule has 0 unspecified atom stereocenters. The lowest BCUT2D eigenvalue weighted by Crippen LogP contribution is -2.37. The predicted octanol–water partition coefficient (Wildman–Crippen LogP) is 2.38. The Morgan fingerprint density at radius 1 is 1.19 bits per heavy atom. The normalized spacial score (nSPS) is 11.6. The van der Waals surface area contributed by atoms with Crippen molar-refractivity contribution in [3.05, 3.63) is 65.6 Å². The van der Waals surface area contributed by atoms with Crippen LogP contribution in [0, 0.1) is 13.8 Å². The number of para-hydroxylation sites is 1. The molecule has 0 bridgehead atoms. The van der Waals surface area contributed by atoms with Gasteiger partial charge in [0.2, 0.25) is 5.89 Å². The van der Waals surface area contributed by atoms with Gasteiger partial charge < -0.3 is 15.1 Å². The summed E-state index contributed by atoms with van der Waals surface area (Å²) in [4.78, 5) is 8.57. The van der Waals surface area contributed by atoms with E-state index in [9.17, 15) is 0 Å². The van der Waals surface area contributed by atoms with Gasteiger partial charge >= 0.3 is 0 Å². The minimum absolute atomic E-state index is 0.500. The SMILES string of the molecule is CN=C(NCCc1cnn(-c2ccccc2)c1)NCc1nc(C)c(C)o1. The van der Waals surface area contributed by atoms with E-state index in [-0.39, 0.29) is 0 Å². The molecule has 3 aromatic rings. The minimum atomic E-state index is 0.500.